The molecular formula is C22H20N2O5. The lowest BCUT2D eigenvalue weighted by Gasteiger charge is -2.24. The van der Waals surface area contributed by atoms with Gasteiger partial charge < -0.3 is 18.8 Å². The molecule has 0 radical (unpaired) electrons. The Hall–Kier alpha value is -3.06. The fourth-order valence-corrected chi connectivity index (χ4v) is 4.97. The second-order valence-corrected chi connectivity index (χ2v) is 8.01. The van der Waals surface area contributed by atoms with Crippen LogP contribution in [0.2, 0.25) is 0 Å². The first-order valence-electron chi connectivity index (χ1n) is 9.89. The summed E-state index contributed by atoms with van der Waals surface area (Å²) in [5.41, 5.74) is 2.78. The van der Waals surface area contributed by atoms with E-state index in [1.165, 1.54) is 4.57 Å². The number of anilines is 1. The van der Waals surface area contributed by atoms with Crippen molar-refractivity contribution in [2.75, 3.05) is 24.7 Å². The van der Waals surface area contributed by atoms with Crippen LogP contribution in [0, 0.1) is 0 Å². The van der Waals surface area contributed by atoms with Crippen molar-refractivity contribution in [3.05, 3.63) is 58.1 Å². The van der Waals surface area contributed by atoms with Crippen LogP contribution in [0.4, 0.5) is 5.69 Å². The topological polar surface area (TPSA) is 73.9 Å². The molecule has 1 fully saturated rings. The van der Waals surface area contributed by atoms with E-state index >= 15 is 0 Å². The van der Waals surface area contributed by atoms with Gasteiger partial charge in [-0.3, -0.25) is 9.36 Å². The summed E-state index contributed by atoms with van der Waals surface area (Å²) in [6.45, 7) is 1.52. The number of benzene rings is 2. The number of carbonyl (C=O) groups excluding carboxylic acids is 1. The van der Waals surface area contributed by atoms with Crippen LogP contribution in [0.25, 0.3) is 11.1 Å². The van der Waals surface area contributed by atoms with Crippen molar-refractivity contribution in [2.45, 2.75) is 24.4 Å². The molecule has 1 saturated heterocycles. The Morgan fingerprint density at radius 3 is 2.86 bits per heavy atom. The van der Waals surface area contributed by atoms with E-state index in [4.69, 9.17) is 13.9 Å². The summed E-state index contributed by atoms with van der Waals surface area (Å²) in [4.78, 5) is 27.6. The molecule has 0 aliphatic carbocycles. The van der Waals surface area contributed by atoms with Gasteiger partial charge in [0.25, 0.3) is 0 Å². The van der Waals surface area contributed by atoms with Gasteiger partial charge in [0.05, 0.1) is 18.2 Å². The fourth-order valence-electron chi connectivity index (χ4n) is 4.97. The molecule has 1 unspecified atom stereocenters. The molecule has 6 rings (SSSR count). The molecule has 2 aromatic carbocycles. The zero-order valence-corrected chi connectivity index (χ0v) is 16.0. The highest BCUT2D eigenvalue weighted by molar-refractivity contribution is 6.12. The van der Waals surface area contributed by atoms with Crippen molar-refractivity contribution in [1.82, 2.24) is 4.57 Å². The zero-order chi connectivity index (χ0) is 19.8. The second-order valence-electron chi connectivity index (χ2n) is 8.01. The van der Waals surface area contributed by atoms with Crippen molar-refractivity contribution in [3.8, 4) is 5.75 Å². The first-order chi connectivity index (χ1) is 14.1. The highest BCUT2D eigenvalue weighted by Gasteiger charge is 2.57. The van der Waals surface area contributed by atoms with Gasteiger partial charge in [0.15, 0.2) is 5.58 Å². The van der Waals surface area contributed by atoms with Crippen molar-refractivity contribution in [3.63, 3.8) is 0 Å². The maximum atomic E-state index is 13.8. The number of fused-ring (bicyclic) bond motifs is 5. The Morgan fingerprint density at radius 1 is 1.17 bits per heavy atom. The molecule has 148 valence electrons. The number of ether oxygens (including phenoxy) is 2. The van der Waals surface area contributed by atoms with Crippen molar-refractivity contribution in [2.24, 2.45) is 7.05 Å². The second kappa shape index (κ2) is 5.73. The normalized spacial score (nSPS) is 25.1. The predicted octanol–water partition coefficient (Wildman–Crippen LogP) is 2.34. The fraction of sp³-hybridized carbons (Fsp3) is 0.364. The van der Waals surface area contributed by atoms with E-state index < -0.39 is 11.2 Å². The molecule has 7 heteroatoms. The highest BCUT2D eigenvalue weighted by atomic mass is 16.5. The van der Waals surface area contributed by atoms with Crippen molar-refractivity contribution >= 4 is 22.7 Å². The number of aromatic nitrogens is 1. The van der Waals surface area contributed by atoms with Gasteiger partial charge in [-0.05, 0) is 30.5 Å². The average molecular weight is 392 g/mol. The van der Waals surface area contributed by atoms with Gasteiger partial charge >= 0.3 is 5.76 Å². The van der Waals surface area contributed by atoms with Gasteiger partial charge in [-0.1, -0.05) is 18.2 Å². The minimum atomic E-state index is -0.923. The summed E-state index contributed by atoms with van der Waals surface area (Å²) in [6.07, 6.45) is 2.04. The molecule has 1 amide bonds. The minimum Gasteiger partial charge on any atom is -0.491 e. The molecule has 1 spiro atoms. The first-order valence-corrected chi connectivity index (χ1v) is 9.89. The quantitative estimate of drug-likeness (QED) is 0.669. The van der Waals surface area contributed by atoms with Crippen LogP contribution in [0.1, 0.15) is 24.0 Å². The molecule has 3 aromatic rings. The van der Waals surface area contributed by atoms with Crippen LogP contribution >= 0.6 is 0 Å². The summed E-state index contributed by atoms with van der Waals surface area (Å²) in [7, 11) is 1.66. The summed E-state index contributed by atoms with van der Waals surface area (Å²) < 4.78 is 18.6. The third kappa shape index (κ3) is 2.11. The SMILES string of the molecule is Cn1c(=O)oc2cc3c(cc21)OCC31C(=O)N(C[C@H]2CCCO2)c2ccccc21. The van der Waals surface area contributed by atoms with E-state index in [1.54, 1.807) is 19.2 Å². The third-order valence-electron chi connectivity index (χ3n) is 6.47. The molecule has 0 N–H and O–H groups in total. The van der Waals surface area contributed by atoms with Crippen LogP contribution in [0.3, 0.4) is 0 Å². The number of para-hydroxylation sites is 1. The largest absolute Gasteiger partial charge is 0.491 e. The van der Waals surface area contributed by atoms with Crippen LogP contribution in [-0.2, 0) is 22.0 Å². The Bertz CT molecular complexity index is 1220. The number of amides is 1. The maximum absolute atomic E-state index is 13.8. The molecule has 29 heavy (non-hydrogen) atoms. The number of carbonyl (C=O) groups is 1. The van der Waals surface area contributed by atoms with E-state index in [0.717, 1.165) is 36.3 Å². The van der Waals surface area contributed by atoms with Crippen LogP contribution in [0.15, 0.2) is 45.6 Å². The molecular weight excluding hydrogens is 372 g/mol. The summed E-state index contributed by atoms with van der Waals surface area (Å²) in [6, 6.07) is 11.5. The zero-order valence-electron chi connectivity index (χ0n) is 16.0. The highest BCUT2D eigenvalue weighted by Crippen LogP contribution is 2.53. The predicted molar refractivity (Wildman–Crippen MR) is 105 cm³/mol. The van der Waals surface area contributed by atoms with Gasteiger partial charge in [-0.15, -0.1) is 0 Å². The van der Waals surface area contributed by atoms with Crippen molar-refractivity contribution < 1.29 is 18.7 Å². The Balaban J connectivity index is 1.54. The lowest BCUT2D eigenvalue weighted by Crippen LogP contribution is -2.44. The van der Waals surface area contributed by atoms with Gasteiger partial charge in [0.2, 0.25) is 5.91 Å². The molecule has 2 atom stereocenters. The van der Waals surface area contributed by atoms with Crippen molar-refractivity contribution in [1.29, 1.82) is 0 Å². The van der Waals surface area contributed by atoms with Crippen LogP contribution in [-0.4, -0.2) is 36.3 Å². The molecule has 3 aliphatic rings. The Morgan fingerprint density at radius 2 is 2.03 bits per heavy atom. The molecule has 4 heterocycles. The standard InChI is InChI=1S/C22H20N2O5/c1-23-17-10-18-15(9-19(17)29-21(23)26)22(12-28-18)14-6-2-3-7-16(14)24(20(22)25)11-13-5-4-8-27-13/h2-3,6-7,9-10,13H,4-5,8,11-12H2,1H3/t13-,22?/m1/s1. The number of hydrogen-bond acceptors (Lipinski definition) is 5. The number of nitrogens with zero attached hydrogens (tertiary/aromatic N) is 2. The average Bonchev–Trinajstić information content (AvgIpc) is 3.48. The number of hydrogen-bond donors (Lipinski definition) is 0. The van der Waals surface area contributed by atoms with E-state index in [0.29, 0.717) is 23.4 Å². The third-order valence-corrected chi connectivity index (χ3v) is 6.47. The van der Waals surface area contributed by atoms with Crippen LogP contribution < -0.4 is 15.4 Å². The minimum absolute atomic E-state index is 0.00872. The molecule has 0 saturated carbocycles. The Kier molecular flexibility index (Phi) is 3.33. The lowest BCUT2D eigenvalue weighted by molar-refractivity contribution is -0.122. The lowest BCUT2D eigenvalue weighted by atomic mass is 9.77. The van der Waals surface area contributed by atoms with Gasteiger partial charge in [0, 0.05) is 31.0 Å². The molecule has 3 aliphatic heterocycles. The van der Waals surface area contributed by atoms with Gasteiger partial charge in [0.1, 0.15) is 17.8 Å². The van der Waals surface area contributed by atoms with E-state index in [9.17, 15) is 9.59 Å². The number of oxazole rings is 1. The smallest absolute Gasteiger partial charge is 0.419 e. The summed E-state index contributed by atoms with van der Waals surface area (Å²) >= 11 is 0. The monoisotopic (exact) mass is 392 g/mol. The summed E-state index contributed by atoms with van der Waals surface area (Å²) in [5.74, 6) is 0.178. The van der Waals surface area contributed by atoms with E-state index in [1.807, 2.05) is 29.2 Å². The van der Waals surface area contributed by atoms with Gasteiger partial charge in [-0.2, -0.15) is 0 Å². The van der Waals surface area contributed by atoms with Crippen LogP contribution in [0.5, 0.6) is 5.75 Å². The maximum Gasteiger partial charge on any atom is 0.419 e. The number of rotatable bonds is 2. The molecule has 7 nitrogen and oxygen atoms in total. The van der Waals surface area contributed by atoms with E-state index in [2.05, 4.69) is 0 Å². The molecule has 1 aromatic heterocycles. The summed E-state index contributed by atoms with van der Waals surface area (Å²) in [5, 5.41) is 0. The Labute approximate surface area is 166 Å². The number of aryl methyl sites for hydroxylation is 1. The van der Waals surface area contributed by atoms with Gasteiger partial charge in [-0.25, -0.2) is 4.79 Å². The van der Waals surface area contributed by atoms with E-state index in [-0.39, 0.29) is 18.6 Å². The molecule has 0 bridgehead atoms. The first kappa shape index (κ1) is 16.9.